The maximum absolute atomic E-state index is 11.6. The first kappa shape index (κ1) is 12.0. The van der Waals surface area contributed by atoms with Crippen molar-refractivity contribution < 1.29 is 9.32 Å². The fourth-order valence-electron chi connectivity index (χ4n) is 2.47. The van der Waals surface area contributed by atoms with Crippen LogP contribution in [0.2, 0.25) is 0 Å². The SMILES string of the molecule is O=C1CCCN1Cc1noc(-c2cnn3ncccc23)n1. The van der Waals surface area contributed by atoms with E-state index in [1.807, 2.05) is 12.1 Å². The standard InChI is InChI=1S/C13H12N6O2/c20-12-4-2-6-18(12)8-11-16-13(21-17-11)9-7-15-19-10(9)3-1-5-14-19/h1,3,5,7H,2,4,6,8H2. The summed E-state index contributed by atoms with van der Waals surface area (Å²) in [6.45, 7) is 1.14. The van der Waals surface area contributed by atoms with Gasteiger partial charge in [0.25, 0.3) is 5.89 Å². The van der Waals surface area contributed by atoms with Gasteiger partial charge in [0.1, 0.15) is 5.52 Å². The molecule has 1 saturated heterocycles. The molecule has 0 spiro atoms. The Morgan fingerprint density at radius 2 is 2.29 bits per heavy atom. The third kappa shape index (κ3) is 2.04. The molecule has 0 aliphatic carbocycles. The summed E-state index contributed by atoms with van der Waals surface area (Å²) in [7, 11) is 0. The highest BCUT2D eigenvalue weighted by Crippen LogP contribution is 2.22. The molecule has 3 aromatic heterocycles. The van der Waals surface area contributed by atoms with E-state index >= 15 is 0 Å². The molecule has 1 aliphatic rings. The molecule has 0 aromatic carbocycles. The molecule has 3 aromatic rings. The van der Waals surface area contributed by atoms with E-state index in [0.29, 0.717) is 24.7 Å². The largest absolute Gasteiger partial charge is 0.335 e. The molecule has 0 N–H and O–H groups in total. The van der Waals surface area contributed by atoms with Crippen LogP contribution < -0.4 is 0 Å². The third-order valence-corrected chi connectivity index (χ3v) is 3.51. The Kier molecular flexibility index (Phi) is 2.66. The van der Waals surface area contributed by atoms with Crippen molar-refractivity contribution in [2.75, 3.05) is 6.54 Å². The van der Waals surface area contributed by atoms with Crippen LogP contribution in [0.3, 0.4) is 0 Å². The first-order valence-corrected chi connectivity index (χ1v) is 6.71. The molecule has 21 heavy (non-hydrogen) atoms. The van der Waals surface area contributed by atoms with Gasteiger partial charge in [0, 0.05) is 19.2 Å². The molecular formula is C13H12N6O2. The van der Waals surface area contributed by atoms with Gasteiger partial charge < -0.3 is 9.42 Å². The first-order valence-electron chi connectivity index (χ1n) is 6.71. The van der Waals surface area contributed by atoms with Gasteiger partial charge in [-0.2, -0.15) is 19.8 Å². The van der Waals surface area contributed by atoms with Crippen molar-refractivity contribution in [3.05, 3.63) is 30.4 Å². The summed E-state index contributed by atoms with van der Waals surface area (Å²) in [5.41, 5.74) is 1.53. The van der Waals surface area contributed by atoms with Crippen LogP contribution in [0.15, 0.2) is 29.0 Å². The second-order valence-corrected chi connectivity index (χ2v) is 4.89. The molecule has 8 nitrogen and oxygen atoms in total. The summed E-state index contributed by atoms with van der Waals surface area (Å²) in [5.74, 6) is 1.03. The lowest BCUT2D eigenvalue weighted by Gasteiger charge is -2.11. The summed E-state index contributed by atoms with van der Waals surface area (Å²) in [6.07, 6.45) is 4.79. The fraction of sp³-hybridized carbons (Fsp3) is 0.308. The summed E-state index contributed by atoms with van der Waals surface area (Å²) in [5, 5.41) is 12.2. The molecular weight excluding hydrogens is 272 g/mol. The van der Waals surface area contributed by atoms with Crippen molar-refractivity contribution in [2.24, 2.45) is 0 Å². The van der Waals surface area contributed by atoms with Gasteiger partial charge in [-0.15, -0.1) is 0 Å². The average Bonchev–Trinajstić information content (AvgIpc) is 3.20. The van der Waals surface area contributed by atoms with Crippen molar-refractivity contribution >= 4 is 11.4 Å². The number of rotatable bonds is 3. The van der Waals surface area contributed by atoms with Crippen LogP contribution >= 0.6 is 0 Å². The van der Waals surface area contributed by atoms with Crippen LogP contribution in [0.1, 0.15) is 18.7 Å². The molecule has 0 atom stereocenters. The van der Waals surface area contributed by atoms with Crippen molar-refractivity contribution in [3.63, 3.8) is 0 Å². The quantitative estimate of drug-likeness (QED) is 0.710. The molecule has 8 heteroatoms. The number of carbonyl (C=O) groups excluding carboxylic acids is 1. The summed E-state index contributed by atoms with van der Waals surface area (Å²) < 4.78 is 6.79. The molecule has 106 valence electrons. The van der Waals surface area contributed by atoms with Gasteiger partial charge in [0.2, 0.25) is 5.91 Å². The van der Waals surface area contributed by atoms with Crippen LogP contribution in [0, 0.1) is 0 Å². The van der Waals surface area contributed by atoms with Crippen LogP contribution in [0.25, 0.3) is 17.0 Å². The monoisotopic (exact) mass is 284 g/mol. The Labute approximate surface area is 119 Å². The highest BCUT2D eigenvalue weighted by molar-refractivity contribution is 5.78. The molecule has 1 amide bonds. The third-order valence-electron chi connectivity index (χ3n) is 3.51. The zero-order valence-corrected chi connectivity index (χ0v) is 11.1. The smallest absolute Gasteiger partial charge is 0.261 e. The van der Waals surface area contributed by atoms with E-state index in [4.69, 9.17) is 4.52 Å². The van der Waals surface area contributed by atoms with E-state index in [-0.39, 0.29) is 5.91 Å². The normalized spacial score (nSPS) is 15.2. The maximum atomic E-state index is 11.6. The van der Waals surface area contributed by atoms with E-state index < -0.39 is 0 Å². The number of amides is 1. The topological polar surface area (TPSA) is 89.4 Å². The molecule has 4 heterocycles. The lowest BCUT2D eigenvalue weighted by Crippen LogP contribution is -2.24. The van der Waals surface area contributed by atoms with E-state index in [1.165, 1.54) is 4.63 Å². The molecule has 0 bridgehead atoms. The zero-order valence-electron chi connectivity index (χ0n) is 11.1. The molecule has 4 rings (SSSR count). The first-order chi connectivity index (χ1) is 10.3. The predicted octanol–water partition coefficient (Wildman–Crippen LogP) is 0.902. The number of hydrogen-bond acceptors (Lipinski definition) is 6. The van der Waals surface area contributed by atoms with Gasteiger partial charge in [-0.1, -0.05) is 5.16 Å². The predicted molar refractivity (Wildman–Crippen MR) is 70.9 cm³/mol. The van der Waals surface area contributed by atoms with Crippen molar-refractivity contribution in [3.8, 4) is 11.5 Å². The Morgan fingerprint density at radius 1 is 1.33 bits per heavy atom. The maximum Gasteiger partial charge on any atom is 0.261 e. The number of nitrogens with zero attached hydrogens (tertiary/aromatic N) is 6. The summed E-state index contributed by atoms with van der Waals surface area (Å²) in [4.78, 5) is 17.7. The van der Waals surface area contributed by atoms with Gasteiger partial charge in [-0.3, -0.25) is 4.79 Å². The van der Waals surface area contributed by atoms with E-state index in [2.05, 4.69) is 20.3 Å². The number of likely N-dealkylation sites (tertiary alicyclic amines) is 1. The zero-order chi connectivity index (χ0) is 14.2. The lowest BCUT2D eigenvalue weighted by atomic mass is 10.3. The van der Waals surface area contributed by atoms with Gasteiger partial charge in [-0.25, -0.2) is 0 Å². The summed E-state index contributed by atoms with van der Waals surface area (Å²) >= 11 is 0. The minimum absolute atomic E-state index is 0.140. The highest BCUT2D eigenvalue weighted by atomic mass is 16.5. The second-order valence-electron chi connectivity index (χ2n) is 4.89. The van der Waals surface area contributed by atoms with Gasteiger partial charge in [0.05, 0.1) is 18.3 Å². The van der Waals surface area contributed by atoms with Crippen molar-refractivity contribution in [1.82, 2.24) is 29.9 Å². The van der Waals surface area contributed by atoms with Crippen LogP contribution in [-0.4, -0.2) is 42.3 Å². The average molecular weight is 284 g/mol. The number of hydrogen-bond donors (Lipinski definition) is 0. The second kappa shape index (κ2) is 4.65. The fourth-order valence-corrected chi connectivity index (χ4v) is 2.47. The molecule has 1 fully saturated rings. The van der Waals surface area contributed by atoms with E-state index in [9.17, 15) is 4.79 Å². The minimum atomic E-state index is 0.140. The van der Waals surface area contributed by atoms with Crippen LogP contribution in [0.5, 0.6) is 0 Å². The van der Waals surface area contributed by atoms with Gasteiger partial charge in [0.15, 0.2) is 5.82 Å². The number of carbonyl (C=O) groups is 1. The Hall–Kier alpha value is -2.77. The minimum Gasteiger partial charge on any atom is -0.335 e. The number of fused-ring (bicyclic) bond motifs is 1. The lowest BCUT2D eigenvalue weighted by molar-refractivity contribution is -0.128. The number of aromatic nitrogens is 5. The Bertz CT molecular complexity index is 808. The van der Waals surface area contributed by atoms with Crippen molar-refractivity contribution in [2.45, 2.75) is 19.4 Å². The molecule has 1 aliphatic heterocycles. The highest BCUT2D eigenvalue weighted by Gasteiger charge is 2.23. The Morgan fingerprint density at radius 3 is 3.14 bits per heavy atom. The van der Waals surface area contributed by atoms with Gasteiger partial charge in [-0.05, 0) is 18.6 Å². The van der Waals surface area contributed by atoms with E-state index in [0.717, 1.165) is 24.0 Å². The Balaban J connectivity index is 1.63. The van der Waals surface area contributed by atoms with Crippen LogP contribution in [-0.2, 0) is 11.3 Å². The molecule has 0 saturated carbocycles. The van der Waals surface area contributed by atoms with Crippen molar-refractivity contribution in [1.29, 1.82) is 0 Å². The van der Waals surface area contributed by atoms with E-state index in [1.54, 1.807) is 17.3 Å². The molecule has 0 radical (unpaired) electrons. The molecule has 0 unspecified atom stereocenters. The summed E-state index contributed by atoms with van der Waals surface area (Å²) in [6, 6.07) is 3.70. The van der Waals surface area contributed by atoms with Crippen LogP contribution in [0.4, 0.5) is 0 Å². The van der Waals surface area contributed by atoms with Gasteiger partial charge >= 0.3 is 0 Å².